The van der Waals surface area contributed by atoms with E-state index in [-0.39, 0.29) is 10.8 Å². The van der Waals surface area contributed by atoms with Gasteiger partial charge in [-0.2, -0.15) is 0 Å². The van der Waals surface area contributed by atoms with Crippen molar-refractivity contribution in [2.24, 2.45) is 0 Å². The first-order valence-corrected chi connectivity index (χ1v) is 12.1. The molecule has 0 bridgehead atoms. The predicted octanol–water partition coefficient (Wildman–Crippen LogP) is 3.14. The number of thioether (sulfide) groups is 1. The molecule has 0 radical (unpaired) electrons. The number of sulfonamides is 1. The molecule has 2 N–H and O–H groups in total. The lowest BCUT2D eigenvalue weighted by Gasteiger charge is -2.27. The van der Waals surface area contributed by atoms with E-state index in [0.29, 0.717) is 29.4 Å². The maximum atomic E-state index is 12.8. The number of nitrogens with zero attached hydrogens (tertiary/aromatic N) is 1. The molecule has 4 rings (SSSR count). The molecule has 2 aromatic rings. The largest absolute Gasteiger partial charge is 0.341 e. The van der Waals surface area contributed by atoms with Gasteiger partial charge in [-0.1, -0.05) is 6.07 Å². The fraction of sp³-hybridized carbons (Fsp3) is 0.333. The number of hydrogen-bond acceptors (Lipinski definition) is 5. The van der Waals surface area contributed by atoms with Crippen LogP contribution in [-0.4, -0.2) is 43.5 Å². The van der Waals surface area contributed by atoms with Crippen molar-refractivity contribution in [1.29, 1.82) is 0 Å². The molecule has 1 atom stereocenters. The Hall–Kier alpha value is -2.52. The molecule has 2 heterocycles. The summed E-state index contributed by atoms with van der Waals surface area (Å²) < 4.78 is 28.3. The number of benzene rings is 2. The highest BCUT2D eigenvalue weighted by Gasteiger charge is 2.37. The fourth-order valence-corrected chi connectivity index (χ4v) is 5.89. The van der Waals surface area contributed by atoms with Crippen molar-refractivity contribution in [2.75, 3.05) is 23.1 Å². The molecule has 2 amide bonds. The van der Waals surface area contributed by atoms with Gasteiger partial charge in [0.05, 0.1) is 10.6 Å². The van der Waals surface area contributed by atoms with Crippen LogP contribution in [0.4, 0.5) is 11.4 Å². The first-order valence-electron chi connectivity index (χ1n) is 9.74. The first kappa shape index (κ1) is 20.7. The van der Waals surface area contributed by atoms with Gasteiger partial charge in [0, 0.05) is 23.7 Å². The van der Waals surface area contributed by atoms with Gasteiger partial charge in [0.25, 0.3) is 10.0 Å². The third kappa shape index (κ3) is 4.17. The molecule has 0 aromatic heterocycles. The number of rotatable bonds is 4. The SMILES string of the molecule is Cc1cc(C)cc(NS(=O)(=O)c2ccc3c(c2)NC(=O)[C@@H](C(=O)N2CCCC2)S3)c1. The van der Waals surface area contributed by atoms with E-state index >= 15 is 0 Å². The van der Waals surface area contributed by atoms with Crippen molar-refractivity contribution >= 4 is 45.0 Å². The number of nitrogens with one attached hydrogen (secondary N) is 2. The van der Waals surface area contributed by atoms with E-state index in [2.05, 4.69) is 10.0 Å². The van der Waals surface area contributed by atoms with Gasteiger partial charge in [-0.3, -0.25) is 14.3 Å². The van der Waals surface area contributed by atoms with Crippen molar-refractivity contribution in [2.45, 2.75) is 41.7 Å². The van der Waals surface area contributed by atoms with Crippen LogP contribution in [0.2, 0.25) is 0 Å². The molecule has 0 saturated carbocycles. The van der Waals surface area contributed by atoms with Crippen LogP contribution in [0.25, 0.3) is 0 Å². The van der Waals surface area contributed by atoms with Crippen LogP contribution in [0.5, 0.6) is 0 Å². The van der Waals surface area contributed by atoms with E-state index in [1.165, 1.54) is 23.9 Å². The maximum Gasteiger partial charge on any atom is 0.261 e. The molecule has 0 unspecified atom stereocenters. The summed E-state index contributed by atoms with van der Waals surface area (Å²) in [5, 5.41) is 1.87. The highest BCUT2D eigenvalue weighted by atomic mass is 32.2. The van der Waals surface area contributed by atoms with Crippen LogP contribution in [0.1, 0.15) is 24.0 Å². The molecule has 2 aliphatic heterocycles. The minimum absolute atomic E-state index is 0.0469. The van der Waals surface area contributed by atoms with Crippen molar-refractivity contribution in [3.63, 3.8) is 0 Å². The number of carbonyl (C=O) groups excluding carboxylic acids is 2. The Morgan fingerprint density at radius 2 is 1.77 bits per heavy atom. The number of fused-ring (bicyclic) bond motifs is 1. The van der Waals surface area contributed by atoms with E-state index in [1.807, 2.05) is 19.9 Å². The van der Waals surface area contributed by atoms with Crippen LogP contribution in [-0.2, 0) is 19.6 Å². The number of likely N-dealkylation sites (tertiary alicyclic amines) is 1. The minimum atomic E-state index is -3.83. The van der Waals surface area contributed by atoms with Gasteiger partial charge in [0.1, 0.15) is 0 Å². The van der Waals surface area contributed by atoms with Gasteiger partial charge in [-0.25, -0.2) is 8.42 Å². The lowest BCUT2D eigenvalue weighted by Crippen LogP contribution is -2.43. The van der Waals surface area contributed by atoms with Crippen LogP contribution >= 0.6 is 11.8 Å². The quantitative estimate of drug-likeness (QED) is 0.705. The summed E-state index contributed by atoms with van der Waals surface area (Å²) in [4.78, 5) is 27.6. The molecule has 30 heavy (non-hydrogen) atoms. The Balaban J connectivity index is 1.56. The molecule has 158 valence electrons. The Labute approximate surface area is 180 Å². The van der Waals surface area contributed by atoms with E-state index in [1.54, 1.807) is 23.1 Å². The van der Waals surface area contributed by atoms with Crippen molar-refractivity contribution in [3.05, 3.63) is 47.5 Å². The third-order valence-electron chi connectivity index (χ3n) is 5.12. The predicted molar refractivity (Wildman–Crippen MR) is 117 cm³/mol. The lowest BCUT2D eigenvalue weighted by molar-refractivity contribution is -0.133. The van der Waals surface area contributed by atoms with E-state index in [4.69, 9.17) is 0 Å². The molecule has 2 aliphatic rings. The van der Waals surface area contributed by atoms with E-state index < -0.39 is 21.2 Å². The van der Waals surface area contributed by atoms with Gasteiger partial charge in [-0.05, 0) is 68.1 Å². The normalized spacial score (nSPS) is 18.7. The van der Waals surface area contributed by atoms with E-state index in [0.717, 1.165) is 24.0 Å². The molecular formula is C21H23N3O4S2. The van der Waals surface area contributed by atoms with Gasteiger partial charge in [-0.15, -0.1) is 11.8 Å². The van der Waals surface area contributed by atoms with Gasteiger partial charge < -0.3 is 10.2 Å². The summed E-state index contributed by atoms with van der Waals surface area (Å²) in [5.74, 6) is -0.602. The number of aryl methyl sites for hydroxylation is 2. The second-order valence-electron chi connectivity index (χ2n) is 7.66. The van der Waals surface area contributed by atoms with E-state index in [9.17, 15) is 18.0 Å². The monoisotopic (exact) mass is 445 g/mol. The summed E-state index contributed by atoms with van der Waals surface area (Å²) in [5.41, 5.74) is 2.80. The number of anilines is 2. The lowest BCUT2D eigenvalue weighted by atomic mass is 10.1. The Bertz CT molecular complexity index is 1100. The third-order valence-corrected chi connectivity index (χ3v) is 7.76. The molecule has 1 saturated heterocycles. The Morgan fingerprint density at radius 3 is 2.43 bits per heavy atom. The van der Waals surface area contributed by atoms with Gasteiger partial charge in [0.2, 0.25) is 11.8 Å². The zero-order valence-corrected chi connectivity index (χ0v) is 18.4. The second-order valence-corrected chi connectivity index (χ2v) is 10.5. The summed E-state index contributed by atoms with van der Waals surface area (Å²) in [6.45, 7) is 5.15. The molecule has 0 aliphatic carbocycles. The van der Waals surface area contributed by atoms with Crippen LogP contribution in [0.15, 0.2) is 46.2 Å². The number of carbonyl (C=O) groups is 2. The van der Waals surface area contributed by atoms with Crippen LogP contribution in [0, 0.1) is 13.8 Å². The van der Waals surface area contributed by atoms with Gasteiger partial charge in [0.15, 0.2) is 5.25 Å². The van der Waals surface area contributed by atoms with Crippen LogP contribution < -0.4 is 10.0 Å². The zero-order valence-electron chi connectivity index (χ0n) is 16.8. The Morgan fingerprint density at radius 1 is 1.10 bits per heavy atom. The maximum absolute atomic E-state index is 12.8. The average molecular weight is 446 g/mol. The van der Waals surface area contributed by atoms with Crippen molar-refractivity contribution in [3.8, 4) is 0 Å². The molecular weight excluding hydrogens is 422 g/mol. The number of hydrogen-bond donors (Lipinski definition) is 2. The molecule has 0 spiro atoms. The molecule has 9 heteroatoms. The summed E-state index contributed by atoms with van der Waals surface area (Å²) in [6.07, 6.45) is 1.91. The molecule has 7 nitrogen and oxygen atoms in total. The standard InChI is InChI=1S/C21H23N3O4S2/c1-13-9-14(2)11-15(10-13)23-30(27,28)16-5-6-18-17(12-16)22-20(25)19(29-18)21(26)24-7-3-4-8-24/h5-6,9-12,19,23H,3-4,7-8H2,1-2H3,(H,22,25)/t19-/m0/s1. The van der Waals surface area contributed by atoms with Crippen molar-refractivity contribution < 1.29 is 18.0 Å². The summed E-state index contributed by atoms with van der Waals surface area (Å²) in [7, 11) is -3.83. The average Bonchev–Trinajstić information content (AvgIpc) is 3.20. The second kappa shape index (κ2) is 7.96. The fourth-order valence-electron chi connectivity index (χ4n) is 3.77. The number of amides is 2. The summed E-state index contributed by atoms with van der Waals surface area (Å²) >= 11 is 1.17. The zero-order chi connectivity index (χ0) is 21.5. The Kier molecular flexibility index (Phi) is 5.50. The molecule has 1 fully saturated rings. The summed E-state index contributed by atoms with van der Waals surface area (Å²) in [6, 6.07) is 10.0. The topological polar surface area (TPSA) is 95.6 Å². The minimum Gasteiger partial charge on any atom is -0.341 e. The highest BCUT2D eigenvalue weighted by molar-refractivity contribution is 8.01. The van der Waals surface area contributed by atoms with Crippen LogP contribution in [0.3, 0.4) is 0 Å². The highest BCUT2D eigenvalue weighted by Crippen LogP contribution is 2.38. The smallest absolute Gasteiger partial charge is 0.261 e. The first-order chi connectivity index (χ1) is 14.2. The van der Waals surface area contributed by atoms with Gasteiger partial charge >= 0.3 is 0 Å². The molecule has 2 aromatic carbocycles. The van der Waals surface area contributed by atoms with Crippen molar-refractivity contribution in [1.82, 2.24) is 4.90 Å².